The van der Waals surface area contributed by atoms with Gasteiger partial charge in [-0.3, -0.25) is 0 Å². The molecule has 0 atom stereocenters. The minimum atomic E-state index is -1.41. The minimum Gasteiger partial charge on any atom is -0.204 e. The van der Waals surface area contributed by atoms with E-state index in [1.807, 2.05) is 12.1 Å². The Morgan fingerprint density at radius 1 is 0.750 bits per heavy atom. The van der Waals surface area contributed by atoms with E-state index >= 15 is 0 Å². The fraction of sp³-hybridized carbons (Fsp3) is 0.571. The van der Waals surface area contributed by atoms with Crippen molar-refractivity contribution in [2.75, 3.05) is 0 Å². The molecule has 0 N–H and O–H groups in total. The molecule has 1 aliphatic heterocycles. The fourth-order valence-corrected chi connectivity index (χ4v) is 9.76. The molecule has 2 aromatic rings. The first-order valence-electron chi connectivity index (χ1n) is 12.8. The van der Waals surface area contributed by atoms with Gasteiger partial charge in [0.1, 0.15) is 0 Å². The Morgan fingerprint density at radius 3 is 1.94 bits per heavy atom. The second-order valence-electron chi connectivity index (χ2n) is 10.3. The van der Waals surface area contributed by atoms with Crippen LogP contribution in [0.1, 0.15) is 76.2 Å². The van der Waals surface area contributed by atoms with Gasteiger partial charge in [-0.15, -0.1) is 0 Å². The number of hydrogen-bond donors (Lipinski definition) is 0. The van der Waals surface area contributed by atoms with Crippen LogP contribution in [0, 0.1) is 29.3 Å². The summed E-state index contributed by atoms with van der Waals surface area (Å²) in [7, 11) is -0.420. The molecular formula is C28H37F3Si. The first kappa shape index (κ1) is 23.6. The number of benzene rings is 2. The Hall–Kier alpha value is -1.55. The summed E-state index contributed by atoms with van der Waals surface area (Å²) >= 11 is 0. The molecule has 1 saturated heterocycles. The molecule has 1 heterocycles. The van der Waals surface area contributed by atoms with Crippen LogP contribution < -0.4 is 0 Å². The van der Waals surface area contributed by atoms with Gasteiger partial charge in [0.15, 0.2) is 17.5 Å². The van der Waals surface area contributed by atoms with Gasteiger partial charge >= 0.3 is 0 Å². The molecule has 0 radical (unpaired) electrons. The Balaban J connectivity index is 1.28. The monoisotopic (exact) mass is 458 g/mol. The molecule has 0 unspecified atom stereocenters. The lowest BCUT2D eigenvalue weighted by atomic mass is 9.72. The van der Waals surface area contributed by atoms with E-state index in [4.69, 9.17) is 0 Å². The van der Waals surface area contributed by atoms with E-state index in [-0.39, 0.29) is 0 Å². The van der Waals surface area contributed by atoms with Crippen LogP contribution >= 0.6 is 0 Å². The average Bonchev–Trinajstić information content (AvgIpc) is 2.83. The van der Waals surface area contributed by atoms with Crippen molar-refractivity contribution < 1.29 is 13.2 Å². The SMILES string of the molecule is CCCCC[SiH]1CCC([C@H]2CC[C@H](c3ccc(-c4cc(F)c(F)c(F)c4)cc3)CC2)CC1. The van der Waals surface area contributed by atoms with Crippen molar-refractivity contribution in [3.8, 4) is 11.1 Å². The maximum Gasteiger partial charge on any atom is 0.194 e. The summed E-state index contributed by atoms with van der Waals surface area (Å²) in [6.45, 7) is 2.30. The quantitative estimate of drug-likeness (QED) is 0.221. The molecule has 1 saturated carbocycles. The molecule has 174 valence electrons. The van der Waals surface area contributed by atoms with Crippen molar-refractivity contribution >= 4 is 8.80 Å². The lowest BCUT2D eigenvalue weighted by Crippen LogP contribution is -2.28. The molecule has 32 heavy (non-hydrogen) atoms. The molecule has 0 nitrogen and oxygen atoms in total. The highest BCUT2D eigenvalue weighted by atomic mass is 28.3. The van der Waals surface area contributed by atoms with Gasteiger partial charge in [-0.05, 0) is 72.3 Å². The van der Waals surface area contributed by atoms with Gasteiger partial charge in [0.25, 0.3) is 0 Å². The summed E-state index contributed by atoms with van der Waals surface area (Å²) in [6, 6.07) is 14.9. The third-order valence-corrected chi connectivity index (χ3v) is 11.8. The third kappa shape index (κ3) is 5.68. The predicted molar refractivity (Wildman–Crippen MR) is 130 cm³/mol. The average molecular weight is 459 g/mol. The lowest BCUT2D eigenvalue weighted by molar-refractivity contribution is 0.216. The number of hydrogen-bond acceptors (Lipinski definition) is 0. The van der Waals surface area contributed by atoms with E-state index in [2.05, 4.69) is 19.1 Å². The zero-order valence-electron chi connectivity index (χ0n) is 19.4. The van der Waals surface area contributed by atoms with Gasteiger partial charge < -0.3 is 0 Å². The van der Waals surface area contributed by atoms with Gasteiger partial charge in [0.05, 0.1) is 0 Å². The van der Waals surface area contributed by atoms with Crippen LogP contribution in [-0.2, 0) is 0 Å². The maximum absolute atomic E-state index is 13.6. The summed E-state index contributed by atoms with van der Waals surface area (Å²) in [5.74, 6) is -1.21. The largest absolute Gasteiger partial charge is 0.204 e. The van der Waals surface area contributed by atoms with Gasteiger partial charge in [0.2, 0.25) is 0 Å². The summed E-state index contributed by atoms with van der Waals surface area (Å²) in [5, 5.41) is 0. The summed E-state index contributed by atoms with van der Waals surface area (Å²) < 4.78 is 40.4. The molecule has 2 aliphatic rings. The van der Waals surface area contributed by atoms with Crippen LogP contribution in [0.5, 0.6) is 0 Å². The van der Waals surface area contributed by atoms with Crippen molar-refractivity contribution in [2.24, 2.45) is 11.8 Å². The number of halogens is 3. The van der Waals surface area contributed by atoms with Crippen molar-refractivity contribution in [1.29, 1.82) is 0 Å². The molecule has 1 aliphatic carbocycles. The van der Waals surface area contributed by atoms with Crippen molar-refractivity contribution in [3.63, 3.8) is 0 Å². The number of unbranched alkanes of at least 4 members (excludes halogenated alkanes) is 2. The van der Waals surface area contributed by atoms with E-state index in [9.17, 15) is 13.2 Å². The topological polar surface area (TPSA) is 0 Å². The second-order valence-corrected chi connectivity index (χ2v) is 13.7. The fourth-order valence-electron chi connectivity index (χ4n) is 6.23. The van der Waals surface area contributed by atoms with Gasteiger partial charge in [0, 0.05) is 8.80 Å². The first-order valence-corrected chi connectivity index (χ1v) is 15.2. The van der Waals surface area contributed by atoms with Gasteiger partial charge in [-0.1, -0.05) is 81.4 Å². The molecule has 2 aromatic carbocycles. The van der Waals surface area contributed by atoms with Crippen LogP contribution in [0.25, 0.3) is 11.1 Å². The second kappa shape index (κ2) is 11.0. The molecule has 0 aromatic heterocycles. The van der Waals surface area contributed by atoms with Crippen LogP contribution in [0.4, 0.5) is 13.2 Å². The lowest BCUT2D eigenvalue weighted by Gasteiger charge is -2.37. The highest BCUT2D eigenvalue weighted by Crippen LogP contribution is 2.44. The highest BCUT2D eigenvalue weighted by molar-refractivity contribution is 6.58. The van der Waals surface area contributed by atoms with Crippen molar-refractivity contribution in [2.45, 2.75) is 88.8 Å². The van der Waals surface area contributed by atoms with Crippen molar-refractivity contribution in [3.05, 3.63) is 59.4 Å². The Bertz CT molecular complexity index is 840. The summed E-state index contributed by atoms with van der Waals surface area (Å²) in [4.78, 5) is 0. The molecular weight excluding hydrogens is 421 g/mol. The van der Waals surface area contributed by atoms with Crippen LogP contribution in [-0.4, -0.2) is 8.80 Å². The Morgan fingerprint density at radius 2 is 1.34 bits per heavy atom. The molecule has 4 rings (SSSR count). The minimum absolute atomic E-state index is 0.380. The summed E-state index contributed by atoms with van der Waals surface area (Å²) in [6.07, 6.45) is 12.4. The zero-order valence-corrected chi connectivity index (χ0v) is 20.5. The molecule has 0 amide bonds. The molecule has 0 spiro atoms. The van der Waals surface area contributed by atoms with Gasteiger partial charge in [-0.25, -0.2) is 13.2 Å². The van der Waals surface area contributed by atoms with Crippen molar-refractivity contribution in [1.82, 2.24) is 0 Å². The van der Waals surface area contributed by atoms with E-state index < -0.39 is 26.2 Å². The van der Waals surface area contributed by atoms with Crippen LogP contribution in [0.2, 0.25) is 18.1 Å². The molecule has 2 fully saturated rings. The Labute approximate surface area is 193 Å². The predicted octanol–water partition coefficient (Wildman–Crippen LogP) is 8.87. The highest BCUT2D eigenvalue weighted by Gasteiger charge is 2.31. The standard InChI is InChI=1S/C28H37F3Si/c1-2-3-4-15-32-16-13-24(14-17-32)22-7-5-20(6-8-22)21-9-11-23(12-10-21)25-18-26(29)28(31)27(30)19-25/h9-12,18-20,22,24,32H,2-8,13-17H2,1H3/t20-,22-,24?,32?. The van der Waals surface area contributed by atoms with E-state index in [1.165, 1.54) is 63.4 Å². The first-order chi connectivity index (χ1) is 15.5. The smallest absolute Gasteiger partial charge is 0.194 e. The zero-order chi connectivity index (χ0) is 22.5. The van der Waals surface area contributed by atoms with E-state index in [1.54, 1.807) is 18.1 Å². The number of rotatable bonds is 7. The van der Waals surface area contributed by atoms with E-state index in [0.29, 0.717) is 11.5 Å². The third-order valence-electron chi connectivity index (χ3n) is 8.25. The van der Waals surface area contributed by atoms with E-state index in [0.717, 1.165) is 29.5 Å². The molecule has 4 heteroatoms. The Kier molecular flexibility index (Phi) is 8.15. The molecule has 0 bridgehead atoms. The maximum atomic E-state index is 13.6. The summed E-state index contributed by atoms with van der Waals surface area (Å²) in [5.41, 5.74) is 2.42. The van der Waals surface area contributed by atoms with Crippen LogP contribution in [0.15, 0.2) is 36.4 Å². The van der Waals surface area contributed by atoms with Gasteiger partial charge in [-0.2, -0.15) is 0 Å². The normalized spacial score (nSPS) is 26.2. The van der Waals surface area contributed by atoms with Crippen LogP contribution in [0.3, 0.4) is 0 Å².